The van der Waals surface area contributed by atoms with Crippen LogP contribution in [0.1, 0.15) is 68.4 Å². The largest absolute Gasteiger partial charge is 0.465 e. The number of piperazine rings is 1. The zero-order valence-electron chi connectivity index (χ0n) is 24.4. The van der Waals surface area contributed by atoms with Crippen LogP contribution in [0.4, 0.5) is 22.1 Å². The Morgan fingerprint density at radius 2 is 1.68 bits per heavy atom. The minimum Gasteiger partial charge on any atom is -0.465 e. The van der Waals surface area contributed by atoms with Crippen molar-refractivity contribution >= 4 is 40.4 Å². The molecule has 1 amide bonds. The van der Waals surface area contributed by atoms with E-state index in [-0.39, 0.29) is 23.3 Å². The van der Waals surface area contributed by atoms with Gasteiger partial charge in [0.05, 0.1) is 7.11 Å². The van der Waals surface area contributed by atoms with Crippen molar-refractivity contribution in [3.05, 3.63) is 51.9 Å². The molecular weight excluding hydrogens is 524 g/mol. The molecule has 3 aromatic rings. The van der Waals surface area contributed by atoms with E-state index >= 15 is 0 Å². The van der Waals surface area contributed by atoms with E-state index in [9.17, 15) is 14.4 Å². The van der Waals surface area contributed by atoms with Gasteiger partial charge >= 0.3 is 12.1 Å². The molecule has 0 unspecified atom stereocenters. The van der Waals surface area contributed by atoms with Gasteiger partial charge in [0.2, 0.25) is 5.95 Å². The number of ether oxygens (including phenoxy) is 2. The number of esters is 1. The molecule has 1 saturated heterocycles. The minimum atomic E-state index is -0.644. The van der Waals surface area contributed by atoms with E-state index in [2.05, 4.69) is 15.2 Å². The van der Waals surface area contributed by atoms with Crippen molar-refractivity contribution in [1.82, 2.24) is 19.4 Å². The molecule has 1 saturated carbocycles. The summed E-state index contributed by atoms with van der Waals surface area (Å²) < 4.78 is 12.1. The third-order valence-corrected chi connectivity index (χ3v) is 7.71. The number of hydrogen-bond donors (Lipinski definition) is 1. The first-order valence-electron chi connectivity index (χ1n) is 14.2. The number of fused-ring (bicyclic) bond motifs is 1. The van der Waals surface area contributed by atoms with E-state index in [1.807, 2.05) is 45.0 Å². The van der Waals surface area contributed by atoms with Crippen LogP contribution in [-0.2, 0) is 9.47 Å². The second-order valence-corrected chi connectivity index (χ2v) is 11.7. The lowest BCUT2D eigenvalue weighted by molar-refractivity contribution is 0.0240. The van der Waals surface area contributed by atoms with Gasteiger partial charge in [-0.2, -0.15) is 4.98 Å². The maximum absolute atomic E-state index is 13.5. The van der Waals surface area contributed by atoms with Crippen molar-refractivity contribution in [2.24, 2.45) is 0 Å². The molecule has 1 aromatic carbocycles. The first-order chi connectivity index (χ1) is 19.6. The number of amides is 1. The molecule has 11 heteroatoms. The number of nitrogens with one attached hydrogen (secondary N) is 1. The van der Waals surface area contributed by atoms with Crippen LogP contribution in [0.25, 0.3) is 11.0 Å². The monoisotopic (exact) mass is 562 g/mol. The van der Waals surface area contributed by atoms with Crippen molar-refractivity contribution in [1.29, 1.82) is 0 Å². The Hall–Kier alpha value is -4.15. The highest BCUT2D eigenvalue weighted by Gasteiger charge is 2.28. The first-order valence-corrected chi connectivity index (χ1v) is 14.2. The number of carbonyl (C=O) groups excluding carboxylic acids is 2. The van der Waals surface area contributed by atoms with Crippen LogP contribution in [0.5, 0.6) is 0 Å². The van der Waals surface area contributed by atoms with Gasteiger partial charge in [0, 0.05) is 55.2 Å². The number of aryl methyl sites for hydroxylation is 1. The summed E-state index contributed by atoms with van der Waals surface area (Å²) in [6.07, 6.45) is 5.16. The van der Waals surface area contributed by atoms with E-state index in [0.29, 0.717) is 48.7 Å². The number of nitrogens with zero attached hydrogens (tertiary/aromatic N) is 5. The summed E-state index contributed by atoms with van der Waals surface area (Å²) in [7, 11) is 1.28. The third-order valence-electron chi connectivity index (χ3n) is 7.71. The van der Waals surface area contributed by atoms with Crippen LogP contribution in [-0.4, -0.2) is 70.4 Å². The fraction of sp³-hybridized carbons (Fsp3) is 0.500. The van der Waals surface area contributed by atoms with E-state index in [1.165, 1.54) is 7.11 Å². The average molecular weight is 563 g/mol. The second kappa shape index (κ2) is 11.4. The van der Waals surface area contributed by atoms with Gasteiger partial charge in [0.1, 0.15) is 16.8 Å². The van der Waals surface area contributed by atoms with Crippen LogP contribution in [0.2, 0.25) is 0 Å². The van der Waals surface area contributed by atoms with Gasteiger partial charge in [0.15, 0.2) is 0 Å². The van der Waals surface area contributed by atoms with Crippen molar-refractivity contribution < 1.29 is 19.1 Å². The highest BCUT2D eigenvalue weighted by atomic mass is 16.6. The lowest BCUT2D eigenvalue weighted by atomic mass is 10.1. The fourth-order valence-corrected chi connectivity index (χ4v) is 5.59. The molecule has 0 atom stereocenters. The Bertz CT molecular complexity index is 1500. The quantitative estimate of drug-likeness (QED) is 0.437. The Morgan fingerprint density at radius 3 is 2.29 bits per heavy atom. The Labute approximate surface area is 239 Å². The molecule has 5 rings (SSSR count). The smallest absolute Gasteiger partial charge is 0.410 e. The third kappa shape index (κ3) is 5.98. The van der Waals surface area contributed by atoms with Crippen molar-refractivity contribution in [3.8, 4) is 0 Å². The van der Waals surface area contributed by atoms with Crippen LogP contribution in [0, 0.1) is 6.92 Å². The number of rotatable bonds is 5. The lowest BCUT2D eigenvalue weighted by Gasteiger charge is -2.36. The highest BCUT2D eigenvalue weighted by Crippen LogP contribution is 2.32. The van der Waals surface area contributed by atoms with Gasteiger partial charge < -0.3 is 24.6 Å². The molecule has 2 aromatic heterocycles. The summed E-state index contributed by atoms with van der Waals surface area (Å²) in [4.78, 5) is 51.6. The van der Waals surface area contributed by atoms with Gasteiger partial charge in [-0.25, -0.2) is 14.6 Å². The lowest BCUT2D eigenvalue weighted by Crippen LogP contribution is -2.50. The van der Waals surface area contributed by atoms with Gasteiger partial charge in [-0.3, -0.25) is 9.36 Å². The topological polar surface area (TPSA) is 119 Å². The van der Waals surface area contributed by atoms with E-state index in [1.54, 1.807) is 22.6 Å². The SMILES string of the molecule is COC(=O)c1c(C)c2cnc(Nc3ccc(N4CCN(C(=O)OC(C)(C)C)CC4)cc3)nc2n(C2CCCC2)c1=O. The standard InChI is InChI=1S/C30H38N6O5/c1-19-23-18-31-28(33-25(23)36(22-8-6-7-9-22)26(37)24(19)27(38)40-5)32-20-10-12-21(13-11-20)34-14-16-35(17-15-34)29(39)41-30(2,3)4/h10-13,18,22H,6-9,14-17H2,1-5H3,(H,31,32,33). The summed E-state index contributed by atoms with van der Waals surface area (Å²) in [5.74, 6) is -0.276. The van der Waals surface area contributed by atoms with Gasteiger partial charge in [-0.15, -0.1) is 0 Å². The average Bonchev–Trinajstić information content (AvgIpc) is 3.47. The summed E-state index contributed by atoms with van der Waals surface area (Å²) >= 11 is 0. The number of aromatic nitrogens is 3. The number of hydrogen-bond acceptors (Lipinski definition) is 9. The fourth-order valence-electron chi connectivity index (χ4n) is 5.59. The first kappa shape index (κ1) is 28.4. The van der Waals surface area contributed by atoms with Crippen molar-refractivity contribution in [2.45, 2.75) is 65.0 Å². The molecular formula is C30H38N6O5. The molecule has 1 N–H and O–H groups in total. The van der Waals surface area contributed by atoms with Crippen LogP contribution in [0.15, 0.2) is 35.3 Å². The molecule has 11 nitrogen and oxygen atoms in total. The molecule has 2 aliphatic rings. The zero-order valence-corrected chi connectivity index (χ0v) is 24.4. The molecule has 41 heavy (non-hydrogen) atoms. The normalized spacial score (nSPS) is 16.2. The molecule has 0 spiro atoms. The molecule has 1 aliphatic heterocycles. The van der Waals surface area contributed by atoms with Gasteiger partial charge in [-0.05, 0) is 70.4 Å². The number of carbonyl (C=O) groups is 2. The molecule has 0 bridgehead atoms. The maximum Gasteiger partial charge on any atom is 0.410 e. The van der Waals surface area contributed by atoms with E-state index < -0.39 is 11.6 Å². The molecule has 3 heterocycles. The second-order valence-electron chi connectivity index (χ2n) is 11.7. The Balaban J connectivity index is 1.34. The molecule has 1 aliphatic carbocycles. The Morgan fingerprint density at radius 1 is 1.02 bits per heavy atom. The molecule has 218 valence electrons. The predicted octanol–water partition coefficient (Wildman–Crippen LogP) is 4.80. The number of anilines is 3. The molecule has 0 radical (unpaired) electrons. The summed E-state index contributed by atoms with van der Waals surface area (Å²) in [6.45, 7) is 9.97. The van der Waals surface area contributed by atoms with Crippen LogP contribution in [0.3, 0.4) is 0 Å². The number of methoxy groups -OCH3 is 1. The Kier molecular flexibility index (Phi) is 7.88. The van der Waals surface area contributed by atoms with Gasteiger partial charge in [0.25, 0.3) is 5.56 Å². The molecule has 2 fully saturated rings. The predicted molar refractivity (Wildman–Crippen MR) is 157 cm³/mol. The van der Waals surface area contributed by atoms with E-state index in [4.69, 9.17) is 14.5 Å². The highest BCUT2D eigenvalue weighted by molar-refractivity contribution is 5.96. The number of pyridine rings is 1. The maximum atomic E-state index is 13.5. The van der Waals surface area contributed by atoms with Crippen molar-refractivity contribution in [2.75, 3.05) is 43.5 Å². The zero-order chi connectivity index (χ0) is 29.3. The van der Waals surface area contributed by atoms with Crippen LogP contribution < -0.4 is 15.8 Å². The van der Waals surface area contributed by atoms with Crippen molar-refractivity contribution in [3.63, 3.8) is 0 Å². The van der Waals surface area contributed by atoms with Crippen LogP contribution >= 0.6 is 0 Å². The number of benzene rings is 1. The summed E-state index contributed by atoms with van der Waals surface area (Å²) in [5.41, 5.74) is 2.06. The summed E-state index contributed by atoms with van der Waals surface area (Å²) in [6, 6.07) is 7.94. The van der Waals surface area contributed by atoms with E-state index in [0.717, 1.165) is 37.1 Å². The minimum absolute atomic E-state index is 0.0215. The van der Waals surface area contributed by atoms with Gasteiger partial charge in [-0.1, -0.05) is 12.8 Å². The summed E-state index contributed by atoms with van der Waals surface area (Å²) in [5, 5.41) is 3.91.